The molecule has 1 aliphatic heterocycles. The van der Waals surface area contributed by atoms with E-state index in [0.29, 0.717) is 22.8 Å². The van der Waals surface area contributed by atoms with Gasteiger partial charge in [-0.05, 0) is 36.4 Å². The summed E-state index contributed by atoms with van der Waals surface area (Å²) in [7, 11) is -2.40. The van der Waals surface area contributed by atoms with Crippen LogP contribution < -0.4 is 16.4 Å². The van der Waals surface area contributed by atoms with Crippen LogP contribution in [0.5, 0.6) is 0 Å². The van der Waals surface area contributed by atoms with Gasteiger partial charge in [0, 0.05) is 12.7 Å². The van der Waals surface area contributed by atoms with Gasteiger partial charge in [-0.1, -0.05) is 24.3 Å². The number of carbonyl (C=O) groups excluding carboxylic acids is 2. The zero-order valence-electron chi connectivity index (χ0n) is 16.0. The number of urea groups is 1. The monoisotopic (exact) mass is 425 g/mol. The number of nitrogens with one attached hydrogen (secondary N) is 2. The van der Waals surface area contributed by atoms with Crippen LogP contribution in [0.1, 0.15) is 16.2 Å². The van der Waals surface area contributed by atoms with Gasteiger partial charge >= 0.3 is 6.03 Å². The third kappa shape index (κ3) is 3.26. The zero-order chi connectivity index (χ0) is 21.5. The summed E-state index contributed by atoms with van der Waals surface area (Å²) in [6, 6.07) is 15.5. The van der Waals surface area contributed by atoms with Crippen molar-refractivity contribution in [3.8, 4) is 0 Å². The molecule has 1 aromatic heterocycles. The summed E-state index contributed by atoms with van der Waals surface area (Å²) < 4.78 is 28.1. The van der Waals surface area contributed by atoms with Gasteiger partial charge in [-0.15, -0.1) is 0 Å². The Labute approximate surface area is 173 Å². The molecule has 3 amide bonds. The molecule has 0 bridgehead atoms. The van der Waals surface area contributed by atoms with Crippen LogP contribution in [0, 0.1) is 0 Å². The van der Waals surface area contributed by atoms with E-state index in [2.05, 4.69) is 10.6 Å². The first-order chi connectivity index (χ1) is 14.3. The number of para-hydroxylation sites is 3. The maximum Gasteiger partial charge on any atom is 0.336 e. The molecule has 154 valence electrons. The third-order valence-corrected chi connectivity index (χ3v) is 6.68. The van der Waals surface area contributed by atoms with Crippen LogP contribution in [-0.4, -0.2) is 29.2 Å². The molecule has 0 unspecified atom stereocenters. The Balaban J connectivity index is 1.60. The number of hydrogen-bond donors (Lipinski definition) is 3. The number of benzene rings is 2. The molecule has 0 aliphatic carbocycles. The number of amides is 3. The van der Waals surface area contributed by atoms with Crippen LogP contribution in [0.2, 0.25) is 0 Å². The highest BCUT2D eigenvalue weighted by Crippen LogP contribution is 2.31. The lowest BCUT2D eigenvalue weighted by molar-refractivity contribution is 0.101. The van der Waals surface area contributed by atoms with Gasteiger partial charge in [0.2, 0.25) is 0 Å². The largest absolute Gasteiger partial charge is 0.397 e. The van der Waals surface area contributed by atoms with E-state index in [1.54, 1.807) is 55.6 Å². The van der Waals surface area contributed by atoms with E-state index in [1.807, 2.05) is 0 Å². The minimum atomic E-state index is -4.02. The summed E-state index contributed by atoms with van der Waals surface area (Å²) in [4.78, 5) is 25.1. The van der Waals surface area contributed by atoms with E-state index in [-0.39, 0.29) is 17.1 Å². The van der Waals surface area contributed by atoms with E-state index >= 15 is 0 Å². The summed E-state index contributed by atoms with van der Waals surface area (Å²) in [5, 5.41) is 5.31. The number of aromatic nitrogens is 1. The molecule has 0 spiro atoms. The highest BCUT2D eigenvalue weighted by Gasteiger charge is 2.37. The van der Waals surface area contributed by atoms with Crippen LogP contribution in [-0.2, 0) is 23.6 Å². The quantitative estimate of drug-likeness (QED) is 0.554. The van der Waals surface area contributed by atoms with E-state index in [9.17, 15) is 18.0 Å². The summed E-state index contributed by atoms with van der Waals surface area (Å²) in [6.45, 7) is -0.222. The molecular weight excluding hydrogens is 406 g/mol. The molecule has 10 heteroatoms. The van der Waals surface area contributed by atoms with Crippen LogP contribution in [0.3, 0.4) is 0 Å². The van der Waals surface area contributed by atoms with Crippen molar-refractivity contribution in [3.05, 3.63) is 72.1 Å². The van der Waals surface area contributed by atoms with Gasteiger partial charge in [0.15, 0.2) is 0 Å². The predicted molar refractivity (Wildman–Crippen MR) is 112 cm³/mol. The second-order valence-electron chi connectivity index (χ2n) is 6.75. The van der Waals surface area contributed by atoms with E-state index in [4.69, 9.17) is 5.73 Å². The minimum Gasteiger partial charge on any atom is -0.397 e. The lowest BCUT2D eigenvalue weighted by Gasteiger charge is -2.28. The number of anilines is 3. The summed E-state index contributed by atoms with van der Waals surface area (Å²) >= 11 is 0. The van der Waals surface area contributed by atoms with Crippen molar-refractivity contribution in [1.82, 2.24) is 8.87 Å². The fourth-order valence-corrected chi connectivity index (χ4v) is 4.69. The van der Waals surface area contributed by atoms with E-state index < -0.39 is 22.0 Å². The Hall–Kier alpha value is -3.79. The minimum absolute atomic E-state index is 0.0244. The van der Waals surface area contributed by atoms with Crippen molar-refractivity contribution in [2.45, 2.75) is 11.4 Å². The average Bonchev–Trinajstić information content (AvgIpc) is 3.07. The maximum absolute atomic E-state index is 12.9. The zero-order valence-corrected chi connectivity index (χ0v) is 16.8. The summed E-state index contributed by atoms with van der Waals surface area (Å²) in [5.41, 5.74) is 7.76. The Morgan fingerprint density at radius 1 is 1.07 bits per heavy atom. The third-order valence-electron chi connectivity index (χ3n) is 4.90. The van der Waals surface area contributed by atoms with Gasteiger partial charge in [-0.25, -0.2) is 17.5 Å². The Bertz CT molecular complexity index is 1270. The molecule has 4 rings (SSSR count). The van der Waals surface area contributed by atoms with E-state index in [0.717, 1.165) is 4.31 Å². The summed E-state index contributed by atoms with van der Waals surface area (Å²) in [5.74, 6) is -0.405. The molecule has 30 heavy (non-hydrogen) atoms. The molecule has 0 atom stereocenters. The maximum atomic E-state index is 12.9. The highest BCUT2D eigenvalue weighted by molar-refractivity contribution is 7.90. The van der Waals surface area contributed by atoms with Gasteiger partial charge in [0.05, 0.1) is 23.6 Å². The number of nitrogens with two attached hydrogens (primary N) is 1. The van der Waals surface area contributed by atoms with Gasteiger partial charge < -0.3 is 20.9 Å². The molecule has 0 radical (unpaired) electrons. The molecule has 2 heterocycles. The Morgan fingerprint density at radius 2 is 1.77 bits per heavy atom. The normalized spacial score (nSPS) is 14.7. The lowest BCUT2D eigenvalue weighted by Crippen LogP contribution is -2.43. The summed E-state index contributed by atoms with van der Waals surface area (Å²) in [6.07, 6.45) is 0. The standard InChI is InChI=1S/C20H19N5O4S/c1-24-13(10-11-17(24)19(26)22-15-7-3-2-6-14(15)21)12-25-20(27)23-16-8-4-5-9-18(16)30(25,28)29/h2-11H,12,21H2,1H3,(H,22,26)(H,23,27). The topological polar surface area (TPSA) is 127 Å². The first-order valence-electron chi connectivity index (χ1n) is 9.02. The molecule has 0 saturated carbocycles. The Kier molecular flexibility index (Phi) is 4.70. The molecule has 9 nitrogen and oxygen atoms in total. The van der Waals surface area contributed by atoms with Crippen molar-refractivity contribution in [2.24, 2.45) is 7.05 Å². The van der Waals surface area contributed by atoms with E-state index in [1.165, 1.54) is 16.7 Å². The number of hydrogen-bond acceptors (Lipinski definition) is 5. The average molecular weight is 425 g/mol. The molecule has 1 aliphatic rings. The SMILES string of the molecule is Cn1c(CN2C(=O)Nc3ccccc3S2(=O)=O)ccc1C(=O)Nc1ccccc1N. The van der Waals surface area contributed by atoms with Crippen LogP contribution in [0.4, 0.5) is 21.9 Å². The fourth-order valence-electron chi connectivity index (χ4n) is 3.24. The predicted octanol–water partition coefficient (Wildman–Crippen LogP) is 2.60. The first kappa shape index (κ1) is 19.5. The smallest absolute Gasteiger partial charge is 0.336 e. The molecule has 4 N–H and O–H groups in total. The van der Waals surface area contributed by atoms with Crippen molar-refractivity contribution in [3.63, 3.8) is 0 Å². The van der Waals surface area contributed by atoms with Gasteiger partial charge in [-0.2, -0.15) is 0 Å². The second-order valence-corrected chi connectivity index (χ2v) is 8.58. The lowest BCUT2D eigenvalue weighted by atomic mass is 10.2. The molecule has 0 saturated heterocycles. The first-order valence-corrected chi connectivity index (χ1v) is 10.5. The number of rotatable bonds is 4. The van der Waals surface area contributed by atoms with Crippen molar-refractivity contribution in [1.29, 1.82) is 0 Å². The number of sulfonamides is 1. The number of carbonyl (C=O) groups is 2. The van der Waals surface area contributed by atoms with Crippen molar-refractivity contribution < 1.29 is 18.0 Å². The van der Waals surface area contributed by atoms with Crippen molar-refractivity contribution >= 4 is 39.0 Å². The Morgan fingerprint density at radius 3 is 2.53 bits per heavy atom. The second kappa shape index (κ2) is 7.23. The number of nitrogens with zero attached hydrogens (tertiary/aromatic N) is 2. The fraction of sp³-hybridized carbons (Fsp3) is 0.100. The van der Waals surface area contributed by atoms with Crippen molar-refractivity contribution in [2.75, 3.05) is 16.4 Å². The number of fused-ring (bicyclic) bond motifs is 1. The molecule has 2 aromatic carbocycles. The highest BCUT2D eigenvalue weighted by atomic mass is 32.2. The van der Waals surface area contributed by atoms with Gasteiger partial charge in [0.1, 0.15) is 10.6 Å². The molecular formula is C20H19N5O4S. The van der Waals surface area contributed by atoms with Crippen LogP contribution in [0.15, 0.2) is 65.6 Å². The molecule has 0 fully saturated rings. The van der Waals surface area contributed by atoms with Crippen LogP contribution in [0.25, 0.3) is 0 Å². The van der Waals surface area contributed by atoms with Gasteiger partial charge in [-0.3, -0.25) is 4.79 Å². The van der Waals surface area contributed by atoms with Gasteiger partial charge in [0.25, 0.3) is 15.9 Å². The number of nitrogen functional groups attached to an aromatic ring is 1. The molecule has 3 aromatic rings. The van der Waals surface area contributed by atoms with Crippen LogP contribution >= 0.6 is 0 Å².